The van der Waals surface area contributed by atoms with Gasteiger partial charge in [0.15, 0.2) is 0 Å². The monoisotopic (exact) mass is 292 g/mol. The summed E-state index contributed by atoms with van der Waals surface area (Å²) in [6.45, 7) is 1.63. The van der Waals surface area contributed by atoms with Crippen LogP contribution in [0.25, 0.3) is 0 Å². The molecular formula is C15H16O4S. The van der Waals surface area contributed by atoms with E-state index in [0.717, 1.165) is 0 Å². The summed E-state index contributed by atoms with van der Waals surface area (Å²) in [5.74, 6) is 0.605. The molecule has 0 aromatic heterocycles. The maximum atomic E-state index is 12.4. The summed E-state index contributed by atoms with van der Waals surface area (Å²) in [7, 11) is -2.02. The van der Waals surface area contributed by atoms with Crippen LogP contribution in [0.1, 0.15) is 18.6 Å². The highest BCUT2D eigenvalue weighted by molar-refractivity contribution is 7.91. The van der Waals surface area contributed by atoms with Crippen LogP contribution < -0.4 is 4.74 Å². The molecule has 5 heteroatoms. The van der Waals surface area contributed by atoms with Gasteiger partial charge in [-0.15, -0.1) is 0 Å². The highest BCUT2D eigenvalue weighted by Gasteiger charge is 2.17. The van der Waals surface area contributed by atoms with Crippen molar-refractivity contribution in [2.24, 2.45) is 0 Å². The van der Waals surface area contributed by atoms with Crippen LogP contribution in [-0.2, 0) is 9.84 Å². The fraction of sp³-hybridized carbons (Fsp3) is 0.200. The Kier molecular flexibility index (Phi) is 4.11. The van der Waals surface area contributed by atoms with Crippen LogP contribution in [-0.4, -0.2) is 20.6 Å². The third-order valence-corrected chi connectivity index (χ3v) is 4.83. The summed E-state index contributed by atoms with van der Waals surface area (Å²) in [6, 6.07) is 12.5. The summed E-state index contributed by atoms with van der Waals surface area (Å²) < 4.78 is 29.8. The van der Waals surface area contributed by atoms with Gasteiger partial charge < -0.3 is 9.84 Å². The second-order valence-corrected chi connectivity index (χ2v) is 6.37. The maximum absolute atomic E-state index is 12.4. The summed E-state index contributed by atoms with van der Waals surface area (Å²) in [6.07, 6.45) is -0.618. The smallest absolute Gasteiger partial charge is 0.206 e. The zero-order valence-corrected chi connectivity index (χ0v) is 12.1. The number of benzene rings is 2. The van der Waals surface area contributed by atoms with Crippen molar-refractivity contribution >= 4 is 9.84 Å². The van der Waals surface area contributed by atoms with Crippen LogP contribution in [0.15, 0.2) is 58.3 Å². The molecular weight excluding hydrogens is 276 g/mol. The topological polar surface area (TPSA) is 63.6 Å². The number of hydrogen-bond donors (Lipinski definition) is 1. The van der Waals surface area contributed by atoms with Crippen LogP contribution in [0.3, 0.4) is 0 Å². The van der Waals surface area contributed by atoms with Crippen molar-refractivity contribution in [1.82, 2.24) is 0 Å². The third kappa shape index (κ3) is 2.84. The molecule has 2 aromatic rings. The first-order valence-electron chi connectivity index (χ1n) is 6.12. The standard InChI is InChI=1S/C15H16O4S/c1-11(16)12-3-7-14(8-4-12)20(17,18)15-9-5-13(19-2)6-10-15/h3-11,16H,1-2H3/t11-/m1/s1. The average molecular weight is 292 g/mol. The van der Waals surface area contributed by atoms with Gasteiger partial charge in [0, 0.05) is 0 Å². The Hall–Kier alpha value is -1.85. The minimum atomic E-state index is -3.54. The molecule has 0 spiro atoms. The number of methoxy groups -OCH3 is 1. The minimum absolute atomic E-state index is 0.201. The van der Waals surface area contributed by atoms with Gasteiger partial charge in [-0.2, -0.15) is 0 Å². The number of rotatable bonds is 4. The van der Waals surface area contributed by atoms with Crippen molar-refractivity contribution in [3.8, 4) is 5.75 Å². The molecule has 2 aromatic carbocycles. The van der Waals surface area contributed by atoms with Crippen molar-refractivity contribution in [1.29, 1.82) is 0 Å². The van der Waals surface area contributed by atoms with Crippen LogP contribution in [0.2, 0.25) is 0 Å². The van der Waals surface area contributed by atoms with Gasteiger partial charge in [-0.3, -0.25) is 0 Å². The molecule has 0 aliphatic rings. The van der Waals surface area contributed by atoms with Crippen molar-refractivity contribution < 1.29 is 18.3 Å². The molecule has 1 N–H and O–H groups in total. The highest BCUT2D eigenvalue weighted by Crippen LogP contribution is 2.24. The van der Waals surface area contributed by atoms with E-state index in [1.54, 1.807) is 31.2 Å². The van der Waals surface area contributed by atoms with E-state index in [1.165, 1.54) is 31.4 Å². The maximum Gasteiger partial charge on any atom is 0.206 e. The van der Waals surface area contributed by atoms with Gasteiger partial charge in [0.1, 0.15) is 5.75 Å². The first-order valence-corrected chi connectivity index (χ1v) is 7.60. The molecule has 0 fully saturated rings. The summed E-state index contributed by atoms with van der Waals surface area (Å²) in [4.78, 5) is 0.412. The van der Waals surface area contributed by atoms with Crippen LogP contribution >= 0.6 is 0 Å². The number of sulfone groups is 1. The van der Waals surface area contributed by atoms with Crippen molar-refractivity contribution in [2.75, 3.05) is 7.11 Å². The Morgan fingerprint density at radius 2 is 1.40 bits per heavy atom. The quantitative estimate of drug-likeness (QED) is 0.940. The first-order chi connectivity index (χ1) is 9.45. The van der Waals surface area contributed by atoms with Crippen molar-refractivity contribution in [3.63, 3.8) is 0 Å². The van der Waals surface area contributed by atoms with E-state index >= 15 is 0 Å². The lowest BCUT2D eigenvalue weighted by atomic mass is 10.1. The lowest BCUT2D eigenvalue weighted by Gasteiger charge is -2.08. The largest absolute Gasteiger partial charge is 0.497 e. The Bertz CT molecular complexity index is 671. The average Bonchev–Trinajstić information content (AvgIpc) is 2.47. The second kappa shape index (κ2) is 5.64. The van der Waals surface area contributed by atoms with E-state index in [1.807, 2.05) is 0 Å². The van der Waals surface area contributed by atoms with E-state index in [2.05, 4.69) is 0 Å². The van der Waals surface area contributed by atoms with Crippen molar-refractivity contribution in [3.05, 3.63) is 54.1 Å². The minimum Gasteiger partial charge on any atom is -0.497 e. The molecule has 106 valence electrons. The lowest BCUT2D eigenvalue weighted by molar-refractivity contribution is 0.199. The molecule has 0 aliphatic carbocycles. The van der Waals surface area contributed by atoms with E-state index in [0.29, 0.717) is 11.3 Å². The fourth-order valence-corrected chi connectivity index (χ4v) is 3.08. The molecule has 0 amide bonds. The van der Waals surface area contributed by atoms with Crippen LogP contribution in [0, 0.1) is 0 Å². The highest BCUT2D eigenvalue weighted by atomic mass is 32.2. The molecule has 4 nitrogen and oxygen atoms in total. The van der Waals surface area contributed by atoms with Crippen molar-refractivity contribution in [2.45, 2.75) is 22.8 Å². The zero-order valence-electron chi connectivity index (χ0n) is 11.3. The van der Waals surface area contributed by atoms with E-state index < -0.39 is 15.9 Å². The third-order valence-electron chi connectivity index (χ3n) is 3.04. The van der Waals surface area contributed by atoms with Gasteiger partial charge in [-0.1, -0.05) is 12.1 Å². The molecule has 0 saturated heterocycles. The molecule has 0 radical (unpaired) electrons. The first kappa shape index (κ1) is 14.6. The van der Waals surface area contributed by atoms with Gasteiger partial charge in [0.05, 0.1) is 23.0 Å². The fourth-order valence-electron chi connectivity index (χ4n) is 1.82. The van der Waals surface area contributed by atoms with Gasteiger partial charge in [0.25, 0.3) is 0 Å². The Morgan fingerprint density at radius 3 is 1.80 bits per heavy atom. The number of hydrogen-bond acceptors (Lipinski definition) is 4. The lowest BCUT2D eigenvalue weighted by Crippen LogP contribution is -2.02. The summed E-state index contributed by atoms with van der Waals surface area (Å²) in [5, 5.41) is 9.43. The zero-order chi connectivity index (χ0) is 14.8. The van der Waals surface area contributed by atoms with Gasteiger partial charge in [-0.05, 0) is 48.9 Å². The Balaban J connectivity index is 2.38. The molecule has 0 saturated carbocycles. The predicted molar refractivity (Wildman–Crippen MR) is 75.5 cm³/mol. The normalized spacial score (nSPS) is 12.9. The van der Waals surface area contributed by atoms with Gasteiger partial charge in [-0.25, -0.2) is 8.42 Å². The van der Waals surface area contributed by atoms with E-state index in [9.17, 15) is 13.5 Å². The van der Waals surface area contributed by atoms with Gasteiger partial charge >= 0.3 is 0 Å². The van der Waals surface area contributed by atoms with Gasteiger partial charge in [0.2, 0.25) is 9.84 Å². The molecule has 0 heterocycles. The number of ether oxygens (including phenoxy) is 1. The molecule has 20 heavy (non-hydrogen) atoms. The second-order valence-electron chi connectivity index (χ2n) is 4.42. The molecule has 2 rings (SSSR count). The van der Waals surface area contributed by atoms with E-state index in [-0.39, 0.29) is 9.79 Å². The molecule has 0 unspecified atom stereocenters. The number of aliphatic hydroxyl groups excluding tert-OH is 1. The molecule has 1 atom stereocenters. The molecule has 0 bridgehead atoms. The number of aliphatic hydroxyl groups is 1. The van der Waals surface area contributed by atoms with Crippen LogP contribution in [0.5, 0.6) is 5.75 Å². The summed E-state index contributed by atoms with van der Waals surface area (Å²) >= 11 is 0. The SMILES string of the molecule is COc1ccc(S(=O)(=O)c2ccc([C@@H](C)O)cc2)cc1. The summed E-state index contributed by atoms with van der Waals surface area (Å²) in [5.41, 5.74) is 0.679. The molecule has 0 aliphatic heterocycles. The van der Waals surface area contributed by atoms with E-state index in [4.69, 9.17) is 4.74 Å². The Labute approximate surface area is 118 Å². The van der Waals surface area contributed by atoms with Crippen LogP contribution in [0.4, 0.5) is 0 Å². The predicted octanol–water partition coefficient (Wildman–Crippen LogP) is 2.58. The Morgan fingerprint density at radius 1 is 0.950 bits per heavy atom.